The summed E-state index contributed by atoms with van der Waals surface area (Å²) in [7, 11) is 0. The molecule has 1 aliphatic rings. The van der Waals surface area contributed by atoms with Crippen LogP contribution in [0.25, 0.3) is 0 Å². The topological polar surface area (TPSA) is 75.9 Å². The minimum atomic E-state index is -0.492. The molecule has 0 radical (unpaired) electrons. The van der Waals surface area contributed by atoms with Gasteiger partial charge in [-0.3, -0.25) is 4.79 Å². The standard InChI is InChI=1S/C19H37N3O3/c1-13(2)16(20)17(23)22(14(3)4)12-15-9-8-10-21(11-15)18(24)25-19(5,6)7/h13-16H,8-12,20H2,1-7H3/t15?,16-/m0/s1. The van der Waals surface area contributed by atoms with E-state index in [0.29, 0.717) is 19.6 Å². The van der Waals surface area contributed by atoms with Gasteiger partial charge in [-0.1, -0.05) is 13.8 Å². The fourth-order valence-electron chi connectivity index (χ4n) is 3.02. The lowest BCUT2D eigenvalue weighted by atomic mass is 9.96. The fraction of sp³-hybridized carbons (Fsp3) is 0.895. The van der Waals surface area contributed by atoms with Crippen LogP contribution in [-0.2, 0) is 9.53 Å². The lowest BCUT2D eigenvalue weighted by Crippen LogP contribution is -2.52. The molecule has 2 N–H and O–H groups in total. The van der Waals surface area contributed by atoms with Crippen LogP contribution in [0.1, 0.15) is 61.3 Å². The first-order valence-corrected chi connectivity index (χ1v) is 9.46. The third kappa shape index (κ3) is 6.84. The maximum atomic E-state index is 12.7. The molecule has 1 saturated heterocycles. The quantitative estimate of drug-likeness (QED) is 0.823. The van der Waals surface area contributed by atoms with Crippen molar-refractivity contribution in [3.8, 4) is 0 Å². The highest BCUT2D eigenvalue weighted by Gasteiger charge is 2.32. The van der Waals surface area contributed by atoms with Crippen molar-refractivity contribution in [3.05, 3.63) is 0 Å². The molecule has 0 spiro atoms. The summed E-state index contributed by atoms with van der Waals surface area (Å²) < 4.78 is 5.48. The zero-order valence-electron chi connectivity index (χ0n) is 17.0. The van der Waals surface area contributed by atoms with Crippen molar-refractivity contribution in [2.45, 2.75) is 79.0 Å². The number of carbonyl (C=O) groups excluding carboxylic acids is 2. The molecule has 2 atom stereocenters. The summed E-state index contributed by atoms with van der Waals surface area (Å²) >= 11 is 0. The highest BCUT2D eigenvalue weighted by Crippen LogP contribution is 2.21. The molecule has 1 rings (SSSR count). The van der Waals surface area contributed by atoms with E-state index in [2.05, 4.69) is 0 Å². The summed E-state index contributed by atoms with van der Waals surface area (Å²) in [5.74, 6) is 0.365. The molecule has 0 bridgehead atoms. The van der Waals surface area contributed by atoms with Crippen molar-refractivity contribution in [3.63, 3.8) is 0 Å². The van der Waals surface area contributed by atoms with E-state index in [0.717, 1.165) is 12.8 Å². The average Bonchev–Trinajstić information content (AvgIpc) is 2.49. The smallest absolute Gasteiger partial charge is 0.410 e. The van der Waals surface area contributed by atoms with Gasteiger partial charge in [-0.25, -0.2) is 4.79 Å². The molecule has 0 saturated carbocycles. The van der Waals surface area contributed by atoms with Crippen LogP contribution in [0.5, 0.6) is 0 Å². The average molecular weight is 356 g/mol. The zero-order valence-corrected chi connectivity index (χ0v) is 17.0. The first kappa shape index (κ1) is 21.7. The Kier molecular flexibility index (Phi) is 7.72. The van der Waals surface area contributed by atoms with Crippen molar-refractivity contribution in [2.24, 2.45) is 17.6 Å². The number of ether oxygens (including phenoxy) is 1. The predicted molar refractivity (Wildman–Crippen MR) is 100 cm³/mol. The van der Waals surface area contributed by atoms with Crippen LogP contribution >= 0.6 is 0 Å². The Labute approximate surface area is 153 Å². The maximum Gasteiger partial charge on any atom is 0.410 e. The van der Waals surface area contributed by atoms with Gasteiger partial charge in [-0.15, -0.1) is 0 Å². The highest BCUT2D eigenvalue weighted by atomic mass is 16.6. The zero-order chi connectivity index (χ0) is 19.4. The molecule has 2 amide bonds. The Bertz CT molecular complexity index is 457. The number of hydrogen-bond donors (Lipinski definition) is 1. The summed E-state index contributed by atoms with van der Waals surface area (Å²) in [6.07, 6.45) is 1.67. The number of amides is 2. The molecule has 146 valence electrons. The number of nitrogens with two attached hydrogens (primary N) is 1. The van der Waals surface area contributed by atoms with Gasteiger partial charge in [0, 0.05) is 25.7 Å². The van der Waals surface area contributed by atoms with Crippen LogP contribution in [-0.4, -0.2) is 59.1 Å². The van der Waals surface area contributed by atoms with E-state index < -0.39 is 11.6 Å². The van der Waals surface area contributed by atoms with E-state index in [1.807, 2.05) is 53.4 Å². The molecule has 25 heavy (non-hydrogen) atoms. The Morgan fingerprint density at radius 2 is 1.84 bits per heavy atom. The number of hydrogen-bond acceptors (Lipinski definition) is 4. The molecule has 1 aliphatic heterocycles. The van der Waals surface area contributed by atoms with Gasteiger partial charge in [0.15, 0.2) is 0 Å². The SMILES string of the molecule is CC(C)[C@H](N)C(=O)N(CC1CCCN(C(=O)OC(C)(C)C)C1)C(C)C. The lowest BCUT2D eigenvalue weighted by Gasteiger charge is -2.38. The summed E-state index contributed by atoms with van der Waals surface area (Å²) in [6, 6.07) is -0.387. The van der Waals surface area contributed by atoms with Crippen molar-refractivity contribution < 1.29 is 14.3 Å². The van der Waals surface area contributed by atoms with Crippen molar-refractivity contribution >= 4 is 12.0 Å². The first-order valence-electron chi connectivity index (χ1n) is 9.46. The third-order valence-corrected chi connectivity index (χ3v) is 4.54. The van der Waals surface area contributed by atoms with Crippen LogP contribution in [0, 0.1) is 11.8 Å². The van der Waals surface area contributed by atoms with Gasteiger partial charge in [-0.2, -0.15) is 0 Å². The van der Waals surface area contributed by atoms with Gasteiger partial charge >= 0.3 is 6.09 Å². The number of rotatable bonds is 5. The Morgan fingerprint density at radius 1 is 1.24 bits per heavy atom. The molecule has 1 unspecified atom stereocenters. The molecule has 0 aliphatic carbocycles. The first-order chi connectivity index (χ1) is 11.4. The molecule has 1 heterocycles. The van der Waals surface area contributed by atoms with Gasteiger partial charge < -0.3 is 20.3 Å². The minimum absolute atomic E-state index is 0.000563. The summed E-state index contributed by atoms with van der Waals surface area (Å²) in [4.78, 5) is 28.6. The minimum Gasteiger partial charge on any atom is -0.444 e. The molecular weight excluding hydrogens is 318 g/mol. The maximum absolute atomic E-state index is 12.7. The van der Waals surface area contributed by atoms with Crippen LogP contribution in [0.2, 0.25) is 0 Å². The summed E-state index contributed by atoms with van der Waals surface area (Å²) in [5, 5.41) is 0. The van der Waals surface area contributed by atoms with E-state index >= 15 is 0 Å². The van der Waals surface area contributed by atoms with Crippen LogP contribution in [0.4, 0.5) is 4.79 Å². The summed E-state index contributed by atoms with van der Waals surface area (Å²) in [6.45, 7) is 15.6. The fourth-order valence-corrected chi connectivity index (χ4v) is 3.02. The van der Waals surface area contributed by atoms with E-state index in [4.69, 9.17) is 10.5 Å². The monoisotopic (exact) mass is 355 g/mol. The van der Waals surface area contributed by atoms with Gasteiger partial charge in [0.2, 0.25) is 5.91 Å². The molecule has 6 heteroatoms. The Morgan fingerprint density at radius 3 is 2.32 bits per heavy atom. The van der Waals surface area contributed by atoms with Crippen molar-refractivity contribution in [1.29, 1.82) is 0 Å². The molecular formula is C19H37N3O3. The number of carbonyl (C=O) groups is 2. The normalized spacial score (nSPS) is 19.9. The molecule has 6 nitrogen and oxygen atoms in total. The van der Waals surface area contributed by atoms with Crippen LogP contribution < -0.4 is 5.73 Å². The number of piperidine rings is 1. The second kappa shape index (κ2) is 8.88. The largest absolute Gasteiger partial charge is 0.444 e. The molecule has 0 aromatic carbocycles. The Balaban J connectivity index is 2.72. The van der Waals surface area contributed by atoms with Crippen LogP contribution in [0.3, 0.4) is 0 Å². The van der Waals surface area contributed by atoms with E-state index in [9.17, 15) is 9.59 Å². The second-order valence-electron chi connectivity index (χ2n) is 8.79. The van der Waals surface area contributed by atoms with Gasteiger partial charge in [-0.05, 0) is 59.3 Å². The second-order valence-corrected chi connectivity index (χ2v) is 8.79. The molecule has 0 aromatic heterocycles. The predicted octanol–water partition coefficient (Wildman–Crippen LogP) is 2.85. The van der Waals surface area contributed by atoms with Gasteiger partial charge in [0.1, 0.15) is 5.60 Å². The lowest BCUT2D eigenvalue weighted by molar-refractivity contribution is -0.136. The third-order valence-electron chi connectivity index (χ3n) is 4.54. The Hall–Kier alpha value is -1.30. The molecule has 0 aromatic rings. The summed E-state index contributed by atoms with van der Waals surface area (Å²) in [5.41, 5.74) is 5.58. The van der Waals surface area contributed by atoms with Crippen molar-refractivity contribution in [2.75, 3.05) is 19.6 Å². The van der Waals surface area contributed by atoms with E-state index in [1.165, 1.54) is 0 Å². The van der Waals surface area contributed by atoms with E-state index in [-0.39, 0.29) is 29.9 Å². The van der Waals surface area contributed by atoms with Crippen LogP contribution in [0.15, 0.2) is 0 Å². The van der Waals surface area contributed by atoms with Gasteiger partial charge in [0.25, 0.3) is 0 Å². The number of likely N-dealkylation sites (tertiary alicyclic amines) is 1. The highest BCUT2D eigenvalue weighted by molar-refractivity contribution is 5.82. The number of nitrogens with zero attached hydrogens (tertiary/aromatic N) is 2. The van der Waals surface area contributed by atoms with Gasteiger partial charge in [0.05, 0.1) is 6.04 Å². The molecule has 1 fully saturated rings. The van der Waals surface area contributed by atoms with Crippen molar-refractivity contribution in [1.82, 2.24) is 9.80 Å². The van der Waals surface area contributed by atoms with E-state index in [1.54, 1.807) is 4.90 Å².